The summed E-state index contributed by atoms with van der Waals surface area (Å²) in [5.41, 5.74) is 0.145. The normalized spacial score (nSPS) is 17.2. The highest BCUT2D eigenvalue weighted by atomic mass is 32.2. The van der Waals surface area contributed by atoms with Crippen molar-refractivity contribution in [3.63, 3.8) is 0 Å². The van der Waals surface area contributed by atoms with Crippen LogP contribution in [0.4, 0.5) is 5.69 Å². The number of carbonyl (C=O) groups excluding carboxylic acids is 1. The molecular weight excluding hydrogens is 244 g/mol. The molecule has 3 N–H and O–H groups in total. The summed E-state index contributed by atoms with van der Waals surface area (Å²) >= 11 is 1.24. The number of phenols is 1. The van der Waals surface area contributed by atoms with Crippen molar-refractivity contribution in [2.45, 2.75) is 0 Å². The van der Waals surface area contributed by atoms with Crippen LogP contribution < -0.4 is 5.32 Å². The Morgan fingerprint density at radius 2 is 2.24 bits per heavy atom. The molecule has 0 spiro atoms. The van der Waals surface area contributed by atoms with E-state index in [-0.39, 0.29) is 17.2 Å². The first kappa shape index (κ1) is 11.5. The second-order valence-electron chi connectivity index (χ2n) is 3.26. The molecule has 1 aromatic carbocycles. The minimum atomic E-state index is -1.23. The summed E-state index contributed by atoms with van der Waals surface area (Å²) in [7, 11) is 0. The number of hydrogen-bond acceptors (Lipinski definition) is 5. The van der Waals surface area contributed by atoms with E-state index in [0.29, 0.717) is 16.6 Å². The van der Waals surface area contributed by atoms with E-state index in [0.717, 1.165) is 0 Å². The minimum absolute atomic E-state index is 0.133. The van der Waals surface area contributed by atoms with E-state index in [9.17, 15) is 14.7 Å². The standard InChI is InChI=1S/C10H8N2O4S/c13-7-2-1-5(3-6(7)9(15)16)11-10-12-8(14)4-17-10/h1-3,13H,4H2,(H,15,16)(H,11,12,14). The number of benzene rings is 1. The lowest BCUT2D eigenvalue weighted by atomic mass is 10.2. The molecule has 0 atom stereocenters. The van der Waals surface area contributed by atoms with Gasteiger partial charge in [0.25, 0.3) is 0 Å². The fourth-order valence-electron chi connectivity index (χ4n) is 1.27. The van der Waals surface area contributed by atoms with Gasteiger partial charge in [-0.1, -0.05) is 11.8 Å². The van der Waals surface area contributed by atoms with Crippen molar-refractivity contribution in [1.82, 2.24) is 5.32 Å². The molecule has 1 saturated heterocycles. The predicted octanol–water partition coefficient (Wildman–Crippen LogP) is 0.941. The molecule has 1 aliphatic heterocycles. The number of carboxylic acid groups (broad SMARTS) is 1. The molecule has 88 valence electrons. The van der Waals surface area contributed by atoms with Gasteiger partial charge in [-0.2, -0.15) is 0 Å². The van der Waals surface area contributed by atoms with Crippen LogP contribution in [0.2, 0.25) is 0 Å². The number of hydrogen-bond donors (Lipinski definition) is 3. The Hall–Kier alpha value is -2.02. The van der Waals surface area contributed by atoms with E-state index in [2.05, 4.69) is 10.3 Å². The molecule has 0 bridgehead atoms. The van der Waals surface area contributed by atoms with Crippen molar-refractivity contribution in [2.75, 3.05) is 5.75 Å². The number of aliphatic imine (C=N–C) groups is 1. The Labute approximate surface area is 100 Å². The molecule has 17 heavy (non-hydrogen) atoms. The smallest absolute Gasteiger partial charge is 0.339 e. The van der Waals surface area contributed by atoms with Crippen LogP contribution in [0.3, 0.4) is 0 Å². The third kappa shape index (κ3) is 2.56. The van der Waals surface area contributed by atoms with E-state index in [1.54, 1.807) is 0 Å². The van der Waals surface area contributed by atoms with Crippen molar-refractivity contribution in [2.24, 2.45) is 4.99 Å². The number of amides is 1. The van der Waals surface area contributed by atoms with Crippen molar-refractivity contribution < 1.29 is 19.8 Å². The Kier molecular flexibility index (Phi) is 3.01. The summed E-state index contributed by atoms with van der Waals surface area (Å²) in [5, 5.41) is 21.1. The van der Waals surface area contributed by atoms with Gasteiger partial charge in [0.2, 0.25) is 5.91 Å². The van der Waals surface area contributed by atoms with Gasteiger partial charge in [0.1, 0.15) is 11.3 Å². The molecule has 1 fully saturated rings. The SMILES string of the molecule is O=C1CSC(=Nc2ccc(O)c(C(=O)O)c2)N1. The topological polar surface area (TPSA) is 99.0 Å². The van der Waals surface area contributed by atoms with Crippen molar-refractivity contribution in [3.8, 4) is 5.75 Å². The zero-order valence-electron chi connectivity index (χ0n) is 8.51. The molecule has 0 unspecified atom stereocenters. The first-order valence-electron chi connectivity index (χ1n) is 4.64. The maximum absolute atomic E-state index is 10.9. The van der Waals surface area contributed by atoms with Crippen LogP contribution in [0.25, 0.3) is 0 Å². The second-order valence-corrected chi connectivity index (χ2v) is 4.22. The molecule has 0 saturated carbocycles. The van der Waals surface area contributed by atoms with Crippen LogP contribution in [0.1, 0.15) is 10.4 Å². The number of rotatable bonds is 2. The Morgan fingerprint density at radius 1 is 1.47 bits per heavy atom. The van der Waals surface area contributed by atoms with Gasteiger partial charge < -0.3 is 15.5 Å². The van der Waals surface area contributed by atoms with E-state index < -0.39 is 5.97 Å². The number of nitrogens with zero attached hydrogens (tertiary/aromatic N) is 1. The minimum Gasteiger partial charge on any atom is -0.507 e. The number of aromatic carboxylic acids is 1. The average Bonchev–Trinajstić information content (AvgIpc) is 2.66. The highest BCUT2D eigenvalue weighted by Crippen LogP contribution is 2.24. The van der Waals surface area contributed by atoms with Gasteiger partial charge in [-0.05, 0) is 18.2 Å². The average molecular weight is 252 g/mol. The molecule has 0 aromatic heterocycles. The molecule has 2 rings (SSSR count). The number of carboxylic acids is 1. The van der Waals surface area contributed by atoms with Crippen LogP contribution in [0.5, 0.6) is 5.75 Å². The van der Waals surface area contributed by atoms with Crippen molar-refractivity contribution in [1.29, 1.82) is 0 Å². The van der Waals surface area contributed by atoms with Crippen LogP contribution in [0.15, 0.2) is 23.2 Å². The summed E-state index contributed by atoms with van der Waals surface area (Å²) in [6.07, 6.45) is 0. The number of carbonyl (C=O) groups is 2. The van der Waals surface area contributed by atoms with Crippen LogP contribution in [-0.4, -0.2) is 33.0 Å². The molecular formula is C10H8N2O4S. The maximum Gasteiger partial charge on any atom is 0.339 e. The Balaban J connectivity index is 2.31. The van der Waals surface area contributed by atoms with Gasteiger partial charge in [0, 0.05) is 0 Å². The van der Waals surface area contributed by atoms with E-state index >= 15 is 0 Å². The van der Waals surface area contributed by atoms with Gasteiger partial charge >= 0.3 is 5.97 Å². The summed E-state index contributed by atoms with van der Waals surface area (Å²) in [4.78, 5) is 25.8. The molecule has 0 radical (unpaired) electrons. The number of nitrogens with one attached hydrogen (secondary N) is 1. The Bertz CT molecular complexity index is 527. The summed E-state index contributed by atoms with van der Waals surface area (Å²) < 4.78 is 0. The van der Waals surface area contributed by atoms with Crippen molar-refractivity contribution in [3.05, 3.63) is 23.8 Å². The van der Waals surface area contributed by atoms with E-state index in [1.165, 1.54) is 30.0 Å². The second kappa shape index (κ2) is 4.46. The number of thioether (sulfide) groups is 1. The number of aromatic hydroxyl groups is 1. The lowest BCUT2D eigenvalue weighted by Crippen LogP contribution is -2.19. The zero-order chi connectivity index (χ0) is 12.4. The first-order chi connectivity index (χ1) is 8.06. The van der Waals surface area contributed by atoms with Crippen LogP contribution in [0, 0.1) is 0 Å². The quantitative estimate of drug-likeness (QED) is 0.727. The van der Waals surface area contributed by atoms with Crippen LogP contribution in [-0.2, 0) is 4.79 Å². The van der Waals surface area contributed by atoms with Gasteiger partial charge in [0.15, 0.2) is 5.17 Å². The molecule has 1 aromatic rings. The summed E-state index contributed by atoms with van der Waals surface area (Å²) in [6, 6.07) is 3.97. The summed E-state index contributed by atoms with van der Waals surface area (Å²) in [6.45, 7) is 0. The molecule has 6 nitrogen and oxygen atoms in total. The van der Waals surface area contributed by atoms with Gasteiger partial charge in [-0.25, -0.2) is 9.79 Å². The summed E-state index contributed by atoms with van der Waals surface area (Å²) in [5.74, 6) is -1.37. The molecule has 0 aliphatic carbocycles. The third-order valence-electron chi connectivity index (χ3n) is 2.03. The van der Waals surface area contributed by atoms with Gasteiger partial charge in [-0.3, -0.25) is 4.79 Å². The van der Waals surface area contributed by atoms with Crippen molar-refractivity contribution >= 4 is 34.5 Å². The fourth-order valence-corrected chi connectivity index (χ4v) is 1.96. The highest BCUT2D eigenvalue weighted by molar-refractivity contribution is 8.15. The largest absolute Gasteiger partial charge is 0.507 e. The van der Waals surface area contributed by atoms with Crippen LogP contribution >= 0.6 is 11.8 Å². The molecule has 1 amide bonds. The fraction of sp³-hybridized carbons (Fsp3) is 0.100. The van der Waals surface area contributed by atoms with E-state index in [1.807, 2.05) is 0 Å². The molecule has 1 heterocycles. The monoisotopic (exact) mass is 252 g/mol. The Morgan fingerprint density at radius 3 is 2.82 bits per heavy atom. The highest BCUT2D eigenvalue weighted by Gasteiger charge is 2.17. The molecule has 1 aliphatic rings. The van der Waals surface area contributed by atoms with E-state index in [4.69, 9.17) is 5.11 Å². The lowest BCUT2D eigenvalue weighted by Gasteiger charge is -2.01. The third-order valence-corrected chi connectivity index (χ3v) is 2.90. The van der Waals surface area contributed by atoms with Gasteiger partial charge in [0.05, 0.1) is 11.4 Å². The zero-order valence-corrected chi connectivity index (χ0v) is 9.32. The number of amidine groups is 1. The van der Waals surface area contributed by atoms with Gasteiger partial charge in [-0.15, -0.1) is 0 Å². The predicted molar refractivity (Wildman–Crippen MR) is 62.8 cm³/mol. The molecule has 7 heteroatoms. The lowest BCUT2D eigenvalue weighted by molar-refractivity contribution is -0.116. The maximum atomic E-state index is 10.9. The first-order valence-corrected chi connectivity index (χ1v) is 5.62.